The molecule has 0 spiro atoms. The molecular weight excluding hydrogens is 318 g/mol. The van der Waals surface area contributed by atoms with Crippen LogP contribution in [-0.4, -0.2) is 34.2 Å². The summed E-state index contributed by atoms with van der Waals surface area (Å²) in [4.78, 5) is 42.8. The summed E-state index contributed by atoms with van der Waals surface area (Å²) >= 11 is 0. The Morgan fingerprint density at radius 3 is 2.60 bits per heavy atom. The summed E-state index contributed by atoms with van der Waals surface area (Å²) in [7, 11) is 0. The number of urea groups is 1. The summed E-state index contributed by atoms with van der Waals surface area (Å²) in [6.45, 7) is 5.08. The van der Waals surface area contributed by atoms with E-state index >= 15 is 0 Å². The average molecular weight is 337 g/mol. The Hall–Kier alpha value is -3.02. The molecule has 3 amide bonds. The first kappa shape index (κ1) is 16.8. The van der Waals surface area contributed by atoms with Gasteiger partial charge in [-0.1, -0.05) is 29.8 Å². The smallest absolute Gasteiger partial charge is 0.318 e. The molecule has 0 radical (unpaired) electrons. The molecule has 0 aliphatic carbocycles. The van der Waals surface area contributed by atoms with Crippen LogP contribution in [0.1, 0.15) is 34.1 Å². The van der Waals surface area contributed by atoms with Crippen LogP contribution in [0.25, 0.3) is 0 Å². The van der Waals surface area contributed by atoms with E-state index in [9.17, 15) is 14.4 Å². The number of nitrogens with one attached hydrogen (secondary N) is 1. The summed E-state index contributed by atoms with van der Waals surface area (Å²) in [5.41, 5.74) is 1.56. The van der Waals surface area contributed by atoms with Gasteiger partial charge in [-0.2, -0.15) is 0 Å². The Kier molecular flexibility index (Phi) is 4.12. The maximum atomic E-state index is 12.8. The minimum Gasteiger partial charge on any atom is -0.318 e. The molecule has 25 heavy (non-hydrogen) atoms. The number of amides is 3. The second-order valence-corrected chi connectivity index (χ2v) is 6.40. The van der Waals surface area contributed by atoms with Gasteiger partial charge in [0.15, 0.2) is 11.3 Å². The van der Waals surface area contributed by atoms with Gasteiger partial charge in [0.05, 0.1) is 12.2 Å². The average Bonchev–Trinajstić information content (AvgIpc) is 2.80. The lowest BCUT2D eigenvalue weighted by atomic mass is 9.97. The highest BCUT2D eigenvalue weighted by Gasteiger charge is 2.50. The number of imide groups is 1. The number of rotatable bonds is 4. The largest absolute Gasteiger partial charge is 0.325 e. The predicted octanol–water partition coefficient (Wildman–Crippen LogP) is 2.35. The number of pyridine rings is 1. The number of Topliss-reactive ketones (excluding diaryl/α,β-unsaturated/α-hetero) is 1. The molecule has 1 aliphatic heterocycles. The number of ketones is 1. The number of hydrogen-bond donors (Lipinski definition) is 1. The second kappa shape index (κ2) is 6.12. The first-order valence-corrected chi connectivity index (χ1v) is 7.99. The van der Waals surface area contributed by atoms with Crippen LogP contribution in [-0.2, 0) is 10.3 Å². The fourth-order valence-corrected chi connectivity index (χ4v) is 3.03. The molecule has 3 rings (SSSR count). The molecule has 2 aromatic rings. The van der Waals surface area contributed by atoms with Gasteiger partial charge in [0.2, 0.25) is 0 Å². The molecule has 1 aromatic heterocycles. The molecule has 2 heterocycles. The van der Waals surface area contributed by atoms with Crippen molar-refractivity contribution in [1.82, 2.24) is 15.2 Å². The van der Waals surface area contributed by atoms with Crippen LogP contribution in [0.15, 0.2) is 42.6 Å². The summed E-state index contributed by atoms with van der Waals surface area (Å²) in [6.07, 6.45) is 1.56. The lowest BCUT2D eigenvalue weighted by Crippen LogP contribution is -2.42. The molecule has 128 valence electrons. The number of carbonyl (C=O) groups excluding carboxylic acids is 3. The Balaban J connectivity index is 1.85. The maximum Gasteiger partial charge on any atom is 0.325 e. The van der Waals surface area contributed by atoms with E-state index in [2.05, 4.69) is 10.3 Å². The molecule has 0 bridgehead atoms. The number of nitrogens with zero attached hydrogens (tertiary/aromatic N) is 2. The SMILES string of the molecule is Cc1ccc(C(=O)CN2C(=O)NC(C)(c3ccccn3)C2=O)c(C)c1. The van der Waals surface area contributed by atoms with Crippen LogP contribution in [0, 0.1) is 13.8 Å². The van der Waals surface area contributed by atoms with Crippen LogP contribution >= 0.6 is 0 Å². The number of carbonyl (C=O) groups is 3. The van der Waals surface area contributed by atoms with Gasteiger partial charge in [-0.25, -0.2) is 4.79 Å². The first-order chi connectivity index (χ1) is 11.8. The first-order valence-electron chi connectivity index (χ1n) is 7.99. The van der Waals surface area contributed by atoms with E-state index in [1.807, 2.05) is 26.0 Å². The molecule has 1 fully saturated rings. The molecule has 1 saturated heterocycles. The third-order valence-corrected chi connectivity index (χ3v) is 4.44. The van der Waals surface area contributed by atoms with Crippen LogP contribution in [0.3, 0.4) is 0 Å². The summed E-state index contributed by atoms with van der Waals surface area (Å²) < 4.78 is 0. The monoisotopic (exact) mass is 337 g/mol. The molecule has 1 aromatic carbocycles. The lowest BCUT2D eigenvalue weighted by Gasteiger charge is -2.20. The molecule has 6 nitrogen and oxygen atoms in total. The quantitative estimate of drug-likeness (QED) is 0.686. The minimum absolute atomic E-state index is 0.272. The van der Waals surface area contributed by atoms with E-state index < -0.39 is 17.5 Å². The fourth-order valence-electron chi connectivity index (χ4n) is 3.03. The lowest BCUT2D eigenvalue weighted by molar-refractivity contribution is -0.130. The Morgan fingerprint density at radius 1 is 1.20 bits per heavy atom. The topological polar surface area (TPSA) is 79.4 Å². The van der Waals surface area contributed by atoms with E-state index in [-0.39, 0.29) is 12.3 Å². The van der Waals surface area contributed by atoms with Crippen molar-refractivity contribution in [2.45, 2.75) is 26.3 Å². The number of aromatic nitrogens is 1. The van der Waals surface area contributed by atoms with Gasteiger partial charge < -0.3 is 5.32 Å². The second-order valence-electron chi connectivity index (χ2n) is 6.40. The van der Waals surface area contributed by atoms with Gasteiger partial charge in [-0.3, -0.25) is 19.5 Å². The van der Waals surface area contributed by atoms with Gasteiger partial charge in [0.25, 0.3) is 5.91 Å². The molecule has 6 heteroatoms. The molecular formula is C19H19N3O3. The zero-order chi connectivity index (χ0) is 18.2. The van der Waals surface area contributed by atoms with Gasteiger partial charge in [0.1, 0.15) is 0 Å². The van der Waals surface area contributed by atoms with Crippen molar-refractivity contribution in [2.24, 2.45) is 0 Å². The fraction of sp³-hybridized carbons (Fsp3) is 0.263. The summed E-state index contributed by atoms with van der Waals surface area (Å²) in [5, 5.41) is 2.65. The van der Waals surface area contributed by atoms with Crippen molar-refractivity contribution in [3.63, 3.8) is 0 Å². The third kappa shape index (κ3) is 2.91. The highest BCUT2D eigenvalue weighted by atomic mass is 16.2. The van der Waals surface area contributed by atoms with Gasteiger partial charge in [-0.05, 0) is 38.5 Å². The van der Waals surface area contributed by atoms with Crippen molar-refractivity contribution >= 4 is 17.7 Å². The van der Waals surface area contributed by atoms with E-state index in [4.69, 9.17) is 0 Å². The third-order valence-electron chi connectivity index (χ3n) is 4.44. The number of benzene rings is 1. The molecule has 1 aliphatic rings. The van der Waals surface area contributed by atoms with Gasteiger partial charge >= 0.3 is 6.03 Å². The number of hydrogen-bond acceptors (Lipinski definition) is 4. The summed E-state index contributed by atoms with van der Waals surface area (Å²) in [5.74, 6) is -0.749. The van der Waals surface area contributed by atoms with Crippen molar-refractivity contribution < 1.29 is 14.4 Å². The zero-order valence-corrected chi connectivity index (χ0v) is 14.4. The van der Waals surface area contributed by atoms with Crippen LogP contribution in [0.5, 0.6) is 0 Å². The van der Waals surface area contributed by atoms with E-state index in [1.165, 1.54) is 0 Å². The van der Waals surface area contributed by atoms with Crippen molar-refractivity contribution in [2.75, 3.05) is 6.54 Å². The van der Waals surface area contributed by atoms with Crippen molar-refractivity contribution in [1.29, 1.82) is 0 Å². The van der Waals surface area contributed by atoms with Crippen LogP contribution < -0.4 is 5.32 Å². The van der Waals surface area contributed by atoms with E-state index in [0.717, 1.165) is 16.0 Å². The van der Waals surface area contributed by atoms with Crippen LogP contribution in [0.4, 0.5) is 4.79 Å². The van der Waals surface area contributed by atoms with Crippen LogP contribution in [0.2, 0.25) is 0 Å². The van der Waals surface area contributed by atoms with E-state index in [1.54, 1.807) is 37.4 Å². The van der Waals surface area contributed by atoms with Crippen molar-refractivity contribution in [3.05, 3.63) is 65.0 Å². The highest BCUT2D eigenvalue weighted by Crippen LogP contribution is 2.27. The normalized spacial score (nSPS) is 19.9. The van der Waals surface area contributed by atoms with Gasteiger partial charge in [0, 0.05) is 11.8 Å². The summed E-state index contributed by atoms with van der Waals surface area (Å²) in [6, 6.07) is 10.0. The predicted molar refractivity (Wildman–Crippen MR) is 92.1 cm³/mol. The van der Waals surface area contributed by atoms with E-state index in [0.29, 0.717) is 11.3 Å². The minimum atomic E-state index is -1.26. The standard InChI is InChI=1S/C19H19N3O3/c1-12-7-8-14(13(2)10-12)15(23)11-22-17(24)19(3,21-18(22)25)16-6-4-5-9-20-16/h4-10H,11H2,1-3H3,(H,21,25). The number of aryl methyl sites for hydroxylation is 2. The van der Waals surface area contributed by atoms with Crippen molar-refractivity contribution in [3.8, 4) is 0 Å². The zero-order valence-electron chi connectivity index (χ0n) is 14.4. The Bertz CT molecular complexity index is 863. The molecule has 0 saturated carbocycles. The van der Waals surface area contributed by atoms with Gasteiger partial charge in [-0.15, -0.1) is 0 Å². The molecule has 1 N–H and O–H groups in total. The molecule has 1 atom stereocenters. The maximum absolute atomic E-state index is 12.8. The Labute approximate surface area is 145 Å². The highest BCUT2D eigenvalue weighted by molar-refractivity contribution is 6.11. The molecule has 1 unspecified atom stereocenters. The Morgan fingerprint density at radius 2 is 1.96 bits per heavy atom.